The predicted octanol–water partition coefficient (Wildman–Crippen LogP) is 5.09. The van der Waals surface area contributed by atoms with E-state index >= 15 is 0 Å². The number of nitrogens with zero attached hydrogens (tertiary/aromatic N) is 2. The number of carbonyl (C=O) groups is 1. The van der Waals surface area contributed by atoms with Gasteiger partial charge in [-0.3, -0.25) is 9.36 Å². The Morgan fingerprint density at radius 1 is 1.15 bits per heavy atom. The van der Waals surface area contributed by atoms with Gasteiger partial charge in [-0.05, 0) is 55.8 Å². The topological polar surface area (TPSA) is 83.0 Å². The second-order valence-electron chi connectivity index (χ2n) is 8.86. The Morgan fingerprint density at radius 3 is 2.58 bits per heavy atom. The van der Waals surface area contributed by atoms with Gasteiger partial charge >= 0.3 is 12.1 Å². The zero-order chi connectivity index (χ0) is 28.6. The molecule has 0 bridgehead atoms. The summed E-state index contributed by atoms with van der Waals surface area (Å²) in [6.07, 6.45) is -2.98. The van der Waals surface area contributed by atoms with Gasteiger partial charge in [-0.1, -0.05) is 35.6 Å². The molecule has 3 heterocycles. The number of aromatic nitrogens is 1. The Hall–Kier alpha value is -4.38. The normalized spacial score (nSPS) is 15.6. The molecule has 1 atom stereocenters. The monoisotopic (exact) mass is 568 g/mol. The lowest BCUT2D eigenvalue weighted by Gasteiger charge is -2.24. The minimum atomic E-state index is -4.49. The van der Waals surface area contributed by atoms with Crippen molar-refractivity contribution in [3.63, 3.8) is 0 Å². The van der Waals surface area contributed by atoms with Crippen LogP contribution in [0.1, 0.15) is 36.8 Å². The van der Waals surface area contributed by atoms with Crippen molar-refractivity contribution in [2.24, 2.45) is 4.99 Å². The molecule has 7 nitrogen and oxygen atoms in total. The van der Waals surface area contributed by atoms with Crippen LogP contribution in [-0.4, -0.2) is 24.3 Å². The summed E-state index contributed by atoms with van der Waals surface area (Å²) in [5.74, 6) is 0.543. The first-order valence-corrected chi connectivity index (χ1v) is 13.0. The van der Waals surface area contributed by atoms with E-state index in [2.05, 4.69) is 4.99 Å². The van der Waals surface area contributed by atoms with E-state index in [0.717, 1.165) is 23.5 Å². The summed E-state index contributed by atoms with van der Waals surface area (Å²) in [6, 6.07) is 14.2. The quantitative estimate of drug-likeness (QED) is 0.303. The predicted molar refractivity (Wildman–Crippen MR) is 143 cm³/mol. The smallest absolute Gasteiger partial charge is 0.416 e. The SMILES string of the molecule is CCOC(=O)C1=C(C)N=c2sc(=Cc3ccc(-c4cccc(C(F)(F)F)c4)o3)c(=O)n2[C@@H]1c1ccc(OC)cc1. The van der Waals surface area contributed by atoms with Crippen LogP contribution in [0.5, 0.6) is 5.75 Å². The van der Waals surface area contributed by atoms with Crippen LogP contribution in [0.3, 0.4) is 0 Å². The number of thiazole rings is 1. The maximum absolute atomic E-state index is 13.7. The van der Waals surface area contributed by atoms with Crippen LogP contribution in [0.4, 0.5) is 13.2 Å². The molecule has 0 N–H and O–H groups in total. The zero-order valence-corrected chi connectivity index (χ0v) is 22.4. The highest BCUT2D eigenvalue weighted by atomic mass is 32.1. The van der Waals surface area contributed by atoms with E-state index in [-0.39, 0.29) is 33.8 Å². The van der Waals surface area contributed by atoms with Crippen molar-refractivity contribution in [2.75, 3.05) is 13.7 Å². The van der Waals surface area contributed by atoms with E-state index in [1.165, 1.54) is 22.8 Å². The first kappa shape index (κ1) is 27.2. The lowest BCUT2D eigenvalue weighted by Crippen LogP contribution is -2.39. The number of hydrogen-bond donors (Lipinski definition) is 0. The third-order valence-corrected chi connectivity index (χ3v) is 7.31. The number of esters is 1. The first-order chi connectivity index (χ1) is 19.1. The second kappa shape index (κ2) is 10.6. The minimum absolute atomic E-state index is 0.155. The summed E-state index contributed by atoms with van der Waals surface area (Å²) in [7, 11) is 1.54. The third kappa shape index (κ3) is 5.12. The van der Waals surface area contributed by atoms with Gasteiger partial charge in [0.05, 0.1) is 41.1 Å². The maximum atomic E-state index is 13.7. The molecule has 4 aromatic rings. The standard InChI is InChI=1S/C29H23F3N2O5S/c1-4-38-27(36)24-16(2)33-28-34(25(24)17-8-10-20(37-3)11-9-17)26(35)23(40-28)15-21-12-13-22(39-21)18-6-5-7-19(14-18)29(30,31)32/h5-15,25H,4H2,1-3H3/t25-/m1/s1. The molecule has 11 heteroatoms. The van der Waals surface area contributed by atoms with E-state index < -0.39 is 29.3 Å². The fourth-order valence-electron chi connectivity index (χ4n) is 4.46. The van der Waals surface area contributed by atoms with E-state index in [1.807, 2.05) is 0 Å². The van der Waals surface area contributed by atoms with Gasteiger partial charge in [0.15, 0.2) is 4.80 Å². The van der Waals surface area contributed by atoms with E-state index in [0.29, 0.717) is 21.8 Å². The summed E-state index contributed by atoms with van der Waals surface area (Å²) in [5, 5.41) is 0. The molecule has 2 aromatic heterocycles. The van der Waals surface area contributed by atoms with Gasteiger partial charge in [0.1, 0.15) is 17.3 Å². The summed E-state index contributed by atoms with van der Waals surface area (Å²) < 4.78 is 57.5. The third-order valence-electron chi connectivity index (χ3n) is 6.32. The van der Waals surface area contributed by atoms with Crippen LogP contribution >= 0.6 is 11.3 Å². The number of carbonyl (C=O) groups excluding carboxylic acids is 1. The van der Waals surface area contributed by atoms with E-state index in [4.69, 9.17) is 13.9 Å². The van der Waals surface area contributed by atoms with Gasteiger partial charge in [0, 0.05) is 11.6 Å². The Kier molecular flexibility index (Phi) is 7.24. The highest BCUT2D eigenvalue weighted by Gasteiger charge is 2.33. The van der Waals surface area contributed by atoms with E-state index in [1.54, 1.807) is 57.4 Å². The molecule has 5 rings (SSSR count). The number of fused-ring (bicyclic) bond motifs is 1. The van der Waals surface area contributed by atoms with Crippen LogP contribution in [0.15, 0.2) is 86.1 Å². The van der Waals surface area contributed by atoms with Crippen LogP contribution in [0.25, 0.3) is 17.4 Å². The first-order valence-electron chi connectivity index (χ1n) is 12.2. The van der Waals surface area contributed by atoms with Gasteiger partial charge in [-0.15, -0.1) is 0 Å². The van der Waals surface area contributed by atoms with Gasteiger partial charge < -0.3 is 13.9 Å². The highest BCUT2D eigenvalue weighted by molar-refractivity contribution is 7.07. The number of halogens is 3. The van der Waals surface area contributed by atoms with Crippen LogP contribution in [-0.2, 0) is 15.7 Å². The Labute approximate surface area is 230 Å². The van der Waals surface area contributed by atoms with Crippen molar-refractivity contribution in [1.82, 2.24) is 4.57 Å². The molecular weight excluding hydrogens is 545 g/mol. The summed E-state index contributed by atoms with van der Waals surface area (Å²) in [4.78, 5) is 31.6. The molecule has 0 radical (unpaired) electrons. The summed E-state index contributed by atoms with van der Waals surface area (Å²) in [5.41, 5.74) is 0.395. The number of allylic oxidation sites excluding steroid dienone is 1. The number of methoxy groups -OCH3 is 1. The number of hydrogen-bond acceptors (Lipinski definition) is 7. The number of benzene rings is 2. The Bertz CT molecular complexity index is 1800. The summed E-state index contributed by atoms with van der Waals surface area (Å²) >= 11 is 1.11. The van der Waals surface area contributed by atoms with Crippen molar-refractivity contribution in [3.8, 4) is 17.1 Å². The molecule has 0 saturated heterocycles. The molecule has 206 valence electrons. The van der Waals surface area contributed by atoms with Crippen molar-refractivity contribution >= 4 is 23.4 Å². The molecule has 1 aliphatic rings. The number of alkyl halides is 3. The number of rotatable bonds is 6. The second-order valence-corrected chi connectivity index (χ2v) is 9.87. The fourth-order valence-corrected chi connectivity index (χ4v) is 5.48. The van der Waals surface area contributed by atoms with Crippen molar-refractivity contribution in [2.45, 2.75) is 26.1 Å². The largest absolute Gasteiger partial charge is 0.497 e. The molecule has 0 amide bonds. The minimum Gasteiger partial charge on any atom is -0.497 e. The highest BCUT2D eigenvalue weighted by Crippen LogP contribution is 2.33. The van der Waals surface area contributed by atoms with Crippen molar-refractivity contribution < 1.29 is 31.9 Å². The molecule has 40 heavy (non-hydrogen) atoms. The molecule has 0 saturated carbocycles. The van der Waals surface area contributed by atoms with Gasteiger partial charge in [0.25, 0.3) is 5.56 Å². The lowest BCUT2D eigenvalue weighted by molar-refractivity contribution is -0.139. The van der Waals surface area contributed by atoms with Crippen LogP contribution < -0.4 is 19.6 Å². The fraction of sp³-hybridized carbons (Fsp3) is 0.207. The number of furan rings is 1. The molecule has 0 aliphatic carbocycles. The summed E-state index contributed by atoms with van der Waals surface area (Å²) in [6.45, 7) is 3.54. The van der Waals surface area contributed by atoms with Gasteiger partial charge in [-0.2, -0.15) is 13.2 Å². The van der Waals surface area contributed by atoms with Crippen LogP contribution in [0.2, 0.25) is 0 Å². The van der Waals surface area contributed by atoms with Crippen molar-refractivity contribution in [3.05, 3.63) is 109 Å². The van der Waals surface area contributed by atoms with Crippen LogP contribution in [0, 0.1) is 0 Å². The molecule has 1 aliphatic heterocycles. The Balaban J connectivity index is 1.60. The van der Waals surface area contributed by atoms with Crippen molar-refractivity contribution in [1.29, 1.82) is 0 Å². The average Bonchev–Trinajstić information content (AvgIpc) is 3.52. The molecule has 0 spiro atoms. The van der Waals surface area contributed by atoms with E-state index in [9.17, 15) is 22.8 Å². The molecular formula is C29H23F3N2O5S. The molecule has 0 unspecified atom stereocenters. The van der Waals surface area contributed by atoms with Gasteiger partial charge in [0.2, 0.25) is 0 Å². The van der Waals surface area contributed by atoms with Gasteiger partial charge in [-0.25, -0.2) is 9.79 Å². The Morgan fingerprint density at radius 2 is 1.90 bits per heavy atom. The maximum Gasteiger partial charge on any atom is 0.416 e. The molecule has 0 fully saturated rings. The average molecular weight is 569 g/mol. The number of ether oxygens (including phenoxy) is 2. The zero-order valence-electron chi connectivity index (χ0n) is 21.6. The molecule has 2 aromatic carbocycles. The lowest BCUT2D eigenvalue weighted by atomic mass is 9.96.